The molecule has 5 rings (SSSR count). The fourth-order valence-electron chi connectivity index (χ4n) is 4.82. The number of carbonyl (C=O) groups is 2. The Morgan fingerprint density at radius 3 is 2.39 bits per heavy atom. The summed E-state index contributed by atoms with van der Waals surface area (Å²) in [5.74, 6) is -0.201. The maximum Gasteiger partial charge on any atom is 0.416 e. The van der Waals surface area contributed by atoms with E-state index in [1.165, 1.54) is 16.8 Å². The zero-order chi connectivity index (χ0) is 23.2. The number of aromatic nitrogens is 2. The third-order valence-corrected chi connectivity index (χ3v) is 6.55. The molecule has 11 heteroatoms. The number of benzene rings is 1. The van der Waals surface area contributed by atoms with Crippen molar-refractivity contribution in [3.8, 4) is 5.69 Å². The van der Waals surface area contributed by atoms with Gasteiger partial charge in [0.1, 0.15) is 12.3 Å². The molecule has 2 amide bonds. The molecule has 0 unspecified atom stereocenters. The molecule has 0 spiro atoms. The van der Waals surface area contributed by atoms with Gasteiger partial charge in [-0.2, -0.15) is 18.3 Å². The lowest BCUT2D eigenvalue weighted by Gasteiger charge is -2.44. The molecule has 3 aliphatic rings. The second-order valence-corrected chi connectivity index (χ2v) is 8.48. The maximum atomic E-state index is 13.4. The third kappa shape index (κ3) is 4.10. The van der Waals surface area contributed by atoms with E-state index < -0.39 is 11.7 Å². The van der Waals surface area contributed by atoms with Crippen molar-refractivity contribution in [3.63, 3.8) is 0 Å². The van der Waals surface area contributed by atoms with Crippen LogP contribution >= 0.6 is 0 Å². The molecule has 0 aliphatic carbocycles. The summed E-state index contributed by atoms with van der Waals surface area (Å²) in [5.41, 5.74) is 0.880. The van der Waals surface area contributed by atoms with Gasteiger partial charge >= 0.3 is 6.18 Å². The molecular formula is C22H24F3N5O3. The molecule has 0 saturated carbocycles. The topological polar surface area (TPSA) is 70.9 Å². The summed E-state index contributed by atoms with van der Waals surface area (Å²) in [5, 5.41) is 8.08. The molecule has 176 valence electrons. The van der Waals surface area contributed by atoms with Crippen molar-refractivity contribution in [3.05, 3.63) is 47.3 Å². The van der Waals surface area contributed by atoms with Gasteiger partial charge in [-0.25, -0.2) is 9.69 Å². The average Bonchev–Trinajstić information content (AvgIpc) is 3.25. The van der Waals surface area contributed by atoms with Gasteiger partial charge in [-0.15, -0.1) is 0 Å². The highest BCUT2D eigenvalue weighted by Crippen LogP contribution is 2.31. The summed E-state index contributed by atoms with van der Waals surface area (Å²) < 4.78 is 45.4. The molecule has 0 N–H and O–H groups in total. The lowest BCUT2D eigenvalue weighted by Crippen LogP contribution is -2.57. The Hall–Kier alpha value is -2.92. The fraction of sp³-hybridized carbons (Fsp3) is 0.500. The largest absolute Gasteiger partial charge is 0.416 e. The molecule has 2 saturated heterocycles. The number of piperidine rings is 1. The summed E-state index contributed by atoms with van der Waals surface area (Å²) in [4.78, 5) is 27.4. The van der Waals surface area contributed by atoms with Gasteiger partial charge in [-0.05, 0) is 43.5 Å². The van der Waals surface area contributed by atoms with Crippen molar-refractivity contribution in [1.82, 2.24) is 24.7 Å². The fourth-order valence-corrected chi connectivity index (χ4v) is 4.82. The van der Waals surface area contributed by atoms with E-state index in [2.05, 4.69) is 5.10 Å². The average molecular weight is 463 g/mol. The molecule has 4 heterocycles. The van der Waals surface area contributed by atoms with Gasteiger partial charge in [-0.3, -0.25) is 14.6 Å². The first-order valence-electron chi connectivity index (χ1n) is 11.0. The smallest absolute Gasteiger partial charge is 0.370 e. The Morgan fingerprint density at radius 2 is 1.73 bits per heavy atom. The van der Waals surface area contributed by atoms with Crippen LogP contribution in [0.4, 0.5) is 13.2 Å². The summed E-state index contributed by atoms with van der Waals surface area (Å²) in [6, 6.07) is 4.70. The van der Waals surface area contributed by atoms with Gasteiger partial charge < -0.3 is 9.64 Å². The van der Waals surface area contributed by atoms with E-state index in [4.69, 9.17) is 4.74 Å². The first-order chi connectivity index (χ1) is 15.8. The molecule has 1 aromatic carbocycles. The summed E-state index contributed by atoms with van der Waals surface area (Å²) >= 11 is 0. The van der Waals surface area contributed by atoms with E-state index >= 15 is 0 Å². The van der Waals surface area contributed by atoms with Crippen LogP contribution in [-0.2, 0) is 22.1 Å². The maximum absolute atomic E-state index is 13.4. The highest BCUT2D eigenvalue weighted by Gasteiger charge is 2.37. The zero-order valence-electron chi connectivity index (χ0n) is 17.9. The van der Waals surface area contributed by atoms with E-state index in [1.807, 2.05) is 9.91 Å². The Morgan fingerprint density at radius 1 is 1.00 bits per heavy atom. The number of halogens is 3. The van der Waals surface area contributed by atoms with Gasteiger partial charge in [-0.1, -0.05) is 0 Å². The highest BCUT2D eigenvalue weighted by molar-refractivity contribution is 5.96. The lowest BCUT2D eigenvalue weighted by molar-refractivity contribution is -0.168. The van der Waals surface area contributed by atoms with E-state index in [0.717, 1.165) is 30.5 Å². The van der Waals surface area contributed by atoms with Crippen molar-refractivity contribution in [2.45, 2.75) is 31.5 Å². The van der Waals surface area contributed by atoms with Gasteiger partial charge in [0.2, 0.25) is 0 Å². The quantitative estimate of drug-likeness (QED) is 0.698. The van der Waals surface area contributed by atoms with E-state index in [1.54, 1.807) is 11.2 Å². The zero-order valence-corrected chi connectivity index (χ0v) is 17.9. The van der Waals surface area contributed by atoms with E-state index in [-0.39, 0.29) is 24.5 Å². The number of alkyl halides is 3. The Bertz CT molecular complexity index is 1040. The number of morpholine rings is 1. The second kappa shape index (κ2) is 8.45. The van der Waals surface area contributed by atoms with Crippen LogP contribution in [0.3, 0.4) is 0 Å². The van der Waals surface area contributed by atoms with Crippen LogP contribution in [-0.4, -0.2) is 81.9 Å². The number of ether oxygens (including phenoxy) is 1. The number of hydrazine groups is 1. The first-order valence-corrected chi connectivity index (χ1v) is 11.0. The van der Waals surface area contributed by atoms with Crippen molar-refractivity contribution < 1.29 is 27.5 Å². The van der Waals surface area contributed by atoms with Crippen molar-refractivity contribution in [2.24, 2.45) is 0 Å². The molecule has 2 fully saturated rings. The van der Waals surface area contributed by atoms with Gasteiger partial charge in [0.25, 0.3) is 11.8 Å². The monoisotopic (exact) mass is 463 g/mol. The molecular weight excluding hydrogens is 439 g/mol. The molecule has 8 nitrogen and oxygen atoms in total. The minimum atomic E-state index is -4.42. The predicted molar refractivity (Wildman–Crippen MR) is 110 cm³/mol. The Balaban J connectivity index is 1.30. The predicted octanol–water partition coefficient (Wildman–Crippen LogP) is 2.13. The van der Waals surface area contributed by atoms with Crippen LogP contribution in [0.1, 0.15) is 34.5 Å². The SMILES string of the molecule is O=C1c2c(cnn2-c2ccc(C(F)(F)F)cc2)CCN1C1CCN(N2CCOCC2=O)CC1. The number of hydrogen-bond acceptors (Lipinski definition) is 5. The van der Waals surface area contributed by atoms with E-state index in [9.17, 15) is 22.8 Å². The normalized spacial score (nSPS) is 20.9. The van der Waals surface area contributed by atoms with Crippen LogP contribution in [0, 0.1) is 0 Å². The summed E-state index contributed by atoms with van der Waals surface area (Å²) in [7, 11) is 0. The molecule has 1 aromatic heterocycles. The summed E-state index contributed by atoms with van der Waals surface area (Å²) in [6.45, 7) is 3.08. The minimum absolute atomic E-state index is 0.0361. The number of carbonyl (C=O) groups excluding carboxylic acids is 2. The standard InChI is InChI=1S/C22H24F3N5O3/c23-22(24,25)16-1-3-18(4-2-16)30-20-15(13-26-30)5-10-28(21(20)32)17-6-8-27(9-7-17)29-11-12-33-14-19(29)31/h1-4,13,17H,5-12,14H2. The lowest BCUT2D eigenvalue weighted by atomic mass is 9.99. The number of hydrogen-bond donors (Lipinski definition) is 0. The van der Waals surface area contributed by atoms with E-state index in [0.29, 0.717) is 50.6 Å². The highest BCUT2D eigenvalue weighted by atomic mass is 19.4. The number of amides is 2. The van der Waals surface area contributed by atoms with Crippen molar-refractivity contribution >= 4 is 11.8 Å². The van der Waals surface area contributed by atoms with Crippen LogP contribution in [0.5, 0.6) is 0 Å². The number of fused-ring (bicyclic) bond motifs is 1. The number of rotatable bonds is 3. The molecule has 0 radical (unpaired) electrons. The van der Waals surface area contributed by atoms with Crippen molar-refractivity contribution in [2.75, 3.05) is 39.4 Å². The number of nitrogens with zero attached hydrogens (tertiary/aromatic N) is 5. The second-order valence-electron chi connectivity index (χ2n) is 8.48. The van der Waals surface area contributed by atoms with Crippen LogP contribution in [0.15, 0.2) is 30.5 Å². The molecule has 3 aliphatic heterocycles. The Labute approximate surface area is 188 Å². The van der Waals surface area contributed by atoms with Gasteiger partial charge in [0, 0.05) is 31.2 Å². The molecule has 0 bridgehead atoms. The minimum Gasteiger partial charge on any atom is -0.370 e. The van der Waals surface area contributed by atoms with Crippen LogP contribution in [0.25, 0.3) is 5.69 Å². The third-order valence-electron chi connectivity index (χ3n) is 6.55. The van der Waals surface area contributed by atoms with Gasteiger partial charge in [0.15, 0.2) is 0 Å². The van der Waals surface area contributed by atoms with Crippen LogP contribution in [0.2, 0.25) is 0 Å². The Kier molecular flexibility index (Phi) is 5.61. The van der Waals surface area contributed by atoms with Crippen LogP contribution < -0.4 is 0 Å². The summed E-state index contributed by atoms with van der Waals surface area (Å²) in [6.07, 6.45) is -0.686. The molecule has 0 atom stereocenters. The van der Waals surface area contributed by atoms with Crippen molar-refractivity contribution in [1.29, 1.82) is 0 Å². The first kappa shape index (κ1) is 21.9. The molecule has 2 aromatic rings. The molecule has 33 heavy (non-hydrogen) atoms. The van der Waals surface area contributed by atoms with Gasteiger partial charge in [0.05, 0.1) is 30.6 Å².